The Labute approximate surface area is 168 Å². The van der Waals surface area contributed by atoms with Gasteiger partial charge >= 0.3 is 0 Å². The number of nitrogens with one attached hydrogen (secondary N) is 1. The van der Waals surface area contributed by atoms with Gasteiger partial charge in [-0.15, -0.1) is 0 Å². The Morgan fingerprint density at radius 2 is 1.83 bits per heavy atom. The Balaban J connectivity index is 1.37. The maximum absolute atomic E-state index is 14.0. The first-order chi connectivity index (χ1) is 14.0. The van der Waals surface area contributed by atoms with Gasteiger partial charge in [-0.2, -0.15) is 0 Å². The number of aryl methyl sites for hydroxylation is 2. The lowest BCUT2D eigenvalue weighted by Crippen LogP contribution is -2.49. The van der Waals surface area contributed by atoms with Gasteiger partial charge in [0, 0.05) is 43.7 Å². The number of rotatable bonds is 4. The Kier molecular flexibility index (Phi) is 5.34. The molecule has 0 spiro atoms. The lowest BCUT2D eigenvalue weighted by atomic mass is 10.1. The van der Waals surface area contributed by atoms with Crippen molar-refractivity contribution in [2.45, 2.75) is 19.8 Å². The van der Waals surface area contributed by atoms with Gasteiger partial charge < -0.3 is 14.8 Å². The number of H-pyrrole nitrogens is 1. The van der Waals surface area contributed by atoms with Gasteiger partial charge in [-0.3, -0.25) is 9.59 Å². The van der Waals surface area contributed by atoms with E-state index in [4.69, 9.17) is 0 Å². The Morgan fingerprint density at radius 1 is 1.07 bits per heavy atom. The highest BCUT2D eigenvalue weighted by atomic mass is 19.1. The van der Waals surface area contributed by atoms with E-state index in [9.17, 15) is 14.0 Å². The van der Waals surface area contributed by atoms with Gasteiger partial charge in [0.2, 0.25) is 5.91 Å². The molecule has 1 aliphatic heterocycles. The fourth-order valence-corrected chi connectivity index (χ4v) is 3.85. The molecule has 0 atom stereocenters. The summed E-state index contributed by atoms with van der Waals surface area (Å²) in [6, 6.07) is 14.5. The van der Waals surface area contributed by atoms with E-state index in [-0.39, 0.29) is 17.3 Å². The first-order valence-corrected chi connectivity index (χ1v) is 9.91. The maximum atomic E-state index is 14.0. The van der Waals surface area contributed by atoms with Crippen molar-refractivity contribution in [3.8, 4) is 0 Å². The lowest BCUT2D eigenvalue weighted by Gasteiger charge is -2.36. The standard InChI is InChI=1S/C23H24FN3O2/c1-16-6-7-17-15-18(23(29)25-20(17)14-16)8-9-22(28)27-12-10-26(11-13-27)21-5-3-2-4-19(21)24/h2-7,14-15H,8-13H2,1H3,(H,25,29). The van der Waals surface area contributed by atoms with E-state index in [1.807, 2.05) is 42.2 Å². The minimum absolute atomic E-state index is 0.0292. The number of carbonyl (C=O) groups is 1. The molecule has 2 heterocycles. The topological polar surface area (TPSA) is 56.4 Å². The van der Waals surface area contributed by atoms with Crippen LogP contribution in [-0.4, -0.2) is 42.0 Å². The van der Waals surface area contributed by atoms with Crippen LogP contribution in [-0.2, 0) is 11.2 Å². The summed E-state index contributed by atoms with van der Waals surface area (Å²) >= 11 is 0. The molecule has 1 saturated heterocycles. The van der Waals surface area contributed by atoms with Gasteiger partial charge in [0.05, 0.1) is 5.69 Å². The third kappa shape index (κ3) is 4.16. The second kappa shape index (κ2) is 8.07. The number of pyridine rings is 1. The molecule has 0 saturated carbocycles. The number of anilines is 1. The molecule has 150 valence electrons. The third-order valence-electron chi connectivity index (χ3n) is 5.51. The number of halogens is 1. The molecule has 1 N–H and O–H groups in total. The second-order valence-corrected chi connectivity index (χ2v) is 7.53. The maximum Gasteiger partial charge on any atom is 0.251 e. The van der Waals surface area contributed by atoms with Gasteiger partial charge in [-0.05, 0) is 48.6 Å². The molecule has 0 unspecified atom stereocenters. The zero-order valence-corrected chi connectivity index (χ0v) is 16.5. The summed E-state index contributed by atoms with van der Waals surface area (Å²) in [5.41, 5.74) is 2.97. The van der Waals surface area contributed by atoms with Crippen molar-refractivity contribution in [1.29, 1.82) is 0 Å². The Bertz CT molecular complexity index is 1100. The van der Waals surface area contributed by atoms with Crippen LogP contribution in [0.1, 0.15) is 17.5 Å². The molecule has 6 heteroatoms. The molecule has 2 aromatic carbocycles. The van der Waals surface area contributed by atoms with Crippen molar-refractivity contribution in [3.63, 3.8) is 0 Å². The van der Waals surface area contributed by atoms with Gasteiger partial charge in [0.1, 0.15) is 5.82 Å². The molecular formula is C23H24FN3O2. The highest BCUT2D eigenvalue weighted by Crippen LogP contribution is 2.20. The summed E-state index contributed by atoms with van der Waals surface area (Å²) in [6.45, 7) is 4.29. The Morgan fingerprint density at radius 3 is 2.59 bits per heavy atom. The molecular weight excluding hydrogens is 369 g/mol. The molecule has 1 fully saturated rings. The average Bonchev–Trinajstić information content (AvgIpc) is 2.72. The van der Waals surface area contributed by atoms with E-state index in [0.717, 1.165) is 16.5 Å². The number of hydrogen-bond acceptors (Lipinski definition) is 3. The number of nitrogens with zero attached hydrogens (tertiary/aromatic N) is 2. The van der Waals surface area contributed by atoms with Crippen molar-refractivity contribution in [2.75, 3.05) is 31.1 Å². The molecule has 29 heavy (non-hydrogen) atoms. The van der Waals surface area contributed by atoms with E-state index in [2.05, 4.69) is 4.98 Å². The van der Waals surface area contributed by atoms with Crippen LogP contribution in [0.2, 0.25) is 0 Å². The van der Waals surface area contributed by atoms with Gasteiger partial charge in [0.15, 0.2) is 0 Å². The number of piperazine rings is 1. The zero-order valence-electron chi connectivity index (χ0n) is 16.5. The van der Waals surface area contributed by atoms with E-state index >= 15 is 0 Å². The number of amides is 1. The second-order valence-electron chi connectivity index (χ2n) is 7.53. The molecule has 0 aliphatic carbocycles. The average molecular weight is 393 g/mol. The van der Waals surface area contributed by atoms with Crippen molar-refractivity contribution >= 4 is 22.5 Å². The summed E-state index contributed by atoms with van der Waals surface area (Å²) in [7, 11) is 0. The predicted molar refractivity (Wildman–Crippen MR) is 113 cm³/mol. The number of aromatic nitrogens is 1. The first kappa shape index (κ1) is 19.2. The van der Waals surface area contributed by atoms with Crippen LogP contribution in [0.4, 0.5) is 10.1 Å². The van der Waals surface area contributed by atoms with Crippen LogP contribution < -0.4 is 10.5 Å². The molecule has 1 aromatic heterocycles. The highest BCUT2D eigenvalue weighted by Gasteiger charge is 2.22. The predicted octanol–water partition coefficient (Wildman–Crippen LogP) is 3.26. The highest BCUT2D eigenvalue weighted by molar-refractivity contribution is 5.80. The van der Waals surface area contributed by atoms with E-state index < -0.39 is 0 Å². The van der Waals surface area contributed by atoms with Gasteiger partial charge in [-0.25, -0.2) is 4.39 Å². The van der Waals surface area contributed by atoms with Crippen molar-refractivity contribution in [1.82, 2.24) is 9.88 Å². The molecule has 1 aliphatic rings. The number of hydrogen-bond donors (Lipinski definition) is 1. The number of benzene rings is 2. The lowest BCUT2D eigenvalue weighted by molar-refractivity contribution is -0.131. The van der Waals surface area contributed by atoms with E-state index in [1.165, 1.54) is 6.07 Å². The molecule has 5 nitrogen and oxygen atoms in total. The largest absolute Gasteiger partial charge is 0.366 e. The number of fused-ring (bicyclic) bond motifs is 1. The van der Waals surface area contributed by atoms with Crippen LogP contribution in [0.15, 0.2) is 53.3 Å². The quantitative estimate of drug-likeness (QED) is 0.740. The van der Waals surface area contributed by atoms with E-state index in [1.54, 1.807) is 17.0 Å². The van der Waals surface area contributed by atoms with Crippen LogP contribution in [0.25, 0.3) is 10.9 Å². The molecule has 1 amide bonds. The van der Waals surface area contributed by atoms with Crippen molar-refractivity contribution in [2.24, 2.45) is 0 Å². The molecule has 4 rings (SSSR count). The summed E-state index contributed by atoms with van der Waals surface area (Å²) in [5, 5.41) is 0.969. The number of para-hydroxylation sites is 1. The monoisotopic (exact) mass is 393 g/mol. The Hall–Kier alpha value is -3.15. The smallest absolute Gasteiger partial charge is 0.251 e. The fourth-order valence-electron chi connectivity index (χ4n) is 3.85. The van der Waals surface area contributed by atoms with Crippen LogP contribution in [0.5, 0.6) is 0 Å². The summed E-state index contributed by atoms with van der Waals surface area (Å²) in [4.78, 5) is 31.6. The molecule has 0 radical (unpaired) electrons. The first-order valence-electron chi connectivity index (χ1n) is 9.91. The fraction of sp³-hybridized carbons (Fsp3) is 0.304. The number of carbonyl (C=O) groups excluding carboxylic acids is 1. The molecule has 3 aromatic rings. The van der Waals surface area contributed by atoms with Crippen LogP contribution in [0.3, 0.4) is 0 Å². The van der Waals surface area contributed by atoms with Crippen molar-refractivity contribution in [3.05, 3.63) is 75.8 Å². The minimum Gasteiger partial charge on any atom is -0.366 e. The van der Waals surface area contributed by atoms with Crippen LogP contribution >= 0.6 is 0 Å². The van der Waals surface area contributed by atoms with Gasteiger partial charge in [-0.1, -0.05) is 24.3 Å². The summed E-state index contributed by atoms with van der Waals surface area (Å²) < 4.78 is 14.0. The van der Waals surface area contributed by atoms with Crippen LogP contribution in [0, 0.1) is 12.7 Å². The molecule has 0 bridgehead atoms. The zero-order chi connectivity index (χ0) is 20.4. The normalized spacial score (nSPS) is 14.4. The van der Waals surface area contributed by atoms with E-state index in [0.29, 0.717) is 50.3 Å². The van der Waals surface area contributed by atoms with Crippen molar-refractivity contribution < 1.29 is 9.18 Å². The minimum atomic E-state index is -0.238. The number of aromatic amines is 1. The summed E-state index contributed by atoms with van der Waals surface area (Å²) in [6.07, 6.45) is 0.700. The summed E-state index contributed by atoms with van der Waals surface area (Å²) in [5.74, 6) is -0.209. The third-order valence-corrected chi connectivity index (χ3v) is 5.51. The SMILES string of the molecule is Cc1ccc2cc(CCC(=O)N3CCN(c4ccccc4F)CC3)c(=O)[nH]c2c1. The van der Waals surface area contributed by atoms with Gasteiger partial charge in [0.25, 0.3) is 5.56 Å².